The molecule has 0 aliphatic rings. The highest BCUT2D eigenvalue weighted by atomic mass is 16.3. The van der Waals surface area contributed by atoms with Crippen molar-refractivity contribution in [2.75, 3.05) is 0 Å². The lowest BCUT2D eigenvalue weighted by Crippen LogP contribution is -1.88. The van der Waals surface area contributed by atoms with Crippen molar-refractivity contribution >= 4 is 32.7 Å². The van der Waals surface area contributed by atoms with Crippen LogP contribution in [-0.2, 0) is 0 Å². The fourth-order valence-electron chi connectivity index (χ4n) is 2.98. The lowest BCUT2D eigenvalue weighted by Gasteiger charge is -2.04. The molecule has 0 saturated carbocycles. The Labute approximate surface area is 131 Å². The number of hydrogen-bond donors (Lipinski definition) is 0. The lowest BCUT2D eigenvalue weighted by molar-refractivity contribution is 0.666. The summed E-state index contributed by atoms with van der Waals surface area (Å²) in [5, 5.41) is 4.25. The molecule has 108 valence electrons. The van der Waals surface area contributed by atoms with Gasteiger partial charge >= 0.3 is 0 Å². The second-order valence-corrected chi connectivity index (χ2v) is 5.42. The molecule has 0 atom stereocenters. The molecule has 0 saturated heterocycles. The van der Waals surface area contributed by atoms with E-state index in [1.807, 2.05) is 42.7 Å². The van der Waals surface area contributed by atoms with Gasteiger partial charge in [-0.15, -0.1) is 0 Å². The summed E-state index contributed by atoms with van der Waals surface area (Å²) in [5.74, 6) is 0. The molecule has 4 heteroatoms. The summed E-state index contributed by atoms with van der Waals surface area (Å²) >= 11 is 0. The molecular formula is C19H11N3O. The third kappa shape index (κ3) is 1.82. The number of pyridine rings is 3. The SMILES string of the molecule is c1ccc2c(-c3cc4oc5cnccc5c4cn3)nccc2c1. The number of hydrogen-bond acceptors (Lipinski definition) is 4. The minimum absolute atomic E-state index is 0.771. The van der Waals surface area contributed by atoms with Crippen molar-refractivity contribution in [3.05, 3.63) is 67.3 Å². The Morgan fingerprint density at radius 3 is 2.70 bits per heavy atom. The molecule has 4 heterocycles. The summed E-state index contributed by atoms with van der Waals surface area (Å²) in [6.45, 7) is 0. The smallest absolute Gasteiger partial charge is 0.153 e. The first-order chi connectivity index (χ1) is 11.4. The molecule has 4 nitrogen and oxygen atoms in total. The summed E-state index contributed by atoms with van der Waals surface area (Å²) in [4.78, 5) is 13.2. The average molecular weight is 297 g/mol. The maximum Gasteiger partial charge on any atom is 0.153 e. The van der Waals surface area contributed by atoms with Gasteiger partial charge in [0.05, 0.1) is 17.6 Å². The van der Waals surface area contributed by atoms with Gasteiger partial charge in [0, 0.05) is 40.8 Å². The monoisotopic (exact) mass is 297 g/mol. The zero-order valence-electron chi connectivity index (χ0n) is 12.1. The summed E-state index contributed by atoms with van der Waals surface area (Å²) in [6.07, 6.45) is 7.15. The van der Waals surface area contributed by atoms with Crippen molar-refractivity contribution in [3.8, 4) is 11.4 Å². The zero-order chi connectivity index (χ0) is 15.2. The fourth-order valence-corrected chi connectivity index (χ4v) is 2.98. The van der Waals surface area contributed by atoms with Gasteiger partial charge in [-0.05, 0) is 17.5 Å². The second kappa shape index (κ2) is 4.61. The van der Waals surface area contributed by atoms with E-state index < -0.39 is 0 Å². The van der Waals surface area contributed by atoms with Crippen LogP contribution in [0.25, 0.3) is 44.1 Å². The number of rotatable bonds is 1. The van der Waals surface area contributed by atoms with Gasteiger partial charge in [0.2, 0.25) is 0 Å². The van der Waals surface area contributed by atoms with Gasteiger partial charge in [-0.1, -0.05) is 24.3 Å². The van der Waals surface area contributed by atoms with Gasteiger partial charge < -0.3 is 4.42 Å². The Morgan fingerprint density at radius 1 is 0.739 bits per heavy atom. The van der Waals surface area contributed by atoms with Gasteiger partial charge in [0.25, 0.3) is 0 Å². The van der Waals surface area contributed by atoms with Gasteiger partial charge in [-0.2, -0.15) is 0 Å². The second-order valence-electron chi connectivity index (χ2n) is 5.42. The quantitative estimate of drug-likeness (QED) is 0.454. The largest absolute Gasteiger partial charge is 0.454 e. The van der Waals surface area contributed by atoms with Crippen molar-refractivity contribution in [3.63, 3.8) is 0 Å². The molecule has 0 aliphatic carbocycles. The van der Waals surface area contributed by atoms with Crippen LogP contribution in [0.3, 0.4) is 0 Å². The van der Waals surface area contributed by atoms with Crippen LogP contribution in [0.1, 0.15) is 0 Å². The highest BCUT2D eigenvalue weighted by Gasteiger charge is 2.11. The van der Waals surface area contributed by atoms with Crippen LogP contribution in [-0.4, -0.2) is 15.0 Å². The van der Waals surface area contributed by atoms with E-state index in [0.29, 0.717) is 0 Å². The van der Waals surface area contributed by atoms with E-state index in [1.54, 1.807) is 12.4 Å². The average Bonchev–Trinajstić information content (AvgIpc) is 2.99. The van der Waals surface area contributed by atoms with E-state index in [1.165, 1.54) is 0 Å². The highest BCUT2D eigenvalue weighted by Crippen LogP contribution is 2.31. The molecule has 5 aromatic rings. The van der Waals surface area contributed by atoms with Crippen LogP contribution in [0.15, 0.2) is 71.7 Å². The molecule has 0 N–H and O–H groups in total. The summed E-state index contributed by atoms with van der Waals surface area (Å²) < 4.78 is 5.90. The maximum atomic E-state index is 5.90. The molecule has 0 radical (unpaired) electrons. The summed E-state index contributed by atoms with van der Waals surface area (Å²) in [6, 6.07) is 14.1. The molecule has 0 spiro atoms. The van der Waals surface area contributed by atoms with Crippen molar-refractivity contribution in [1.82, 2.24) is 15.0 Å². The third-order valence-corrected chi connectivity index (χ3v) is 4.08. The Morgan fingerprint density at radius 2 is 1.70 bits per heavy atom. The van der Waals surface area contributed by atoms with E-state index in [4.69, 9.17) is 4.42 Å². The zero-order valence-corrected chi connectivity index (χ0v) is 12.1. The Hall–Kier alpha value is -3.27. The molecular weight excluding hydrogens is 286 g/mol. The van der Waals surface area contributed by atoms with Crippen molar-refractivity contribution in [2.24, 2.45) is 0 Å². The van der Waals surface area contributed by atoms with Gasteiger partial charge in [0.1, 0.15) is 5.58 Å². The third-order valence-electron chi connectivity index (χ3n) is 4.08. The van der Waals surface area contributed by atoms with E-state index in [-0.39, 0.29) is 0 Å². The van der Waals surface area contributed by atoms with Gasteiger partial charge in [-0.25, -0.2) is 0 Å². The van der Waals surface area contributed by atoms with Crippen LogP contribution in [0.2, 0.25) is 0 Å². The van der Waals surface area contributed by atoms with Crippen molar-refractivity contribution < 1.29 is 4.42 Å². The highest BCUT2D eigenvalue weighted by molar-refractivity contribution is 6.05. The topological polar surface area (TPSA) is 51.8 Å². The first-order valence-electron chi connectivity index (χ1n) is 7.36. The van der Waals surface area contributed by atoms with Gasteiger partial charge in [-0.3, -0.25) is 15.0 Å². The predicted molar refractivity (Wildman–Crippen MR) is 90.0 cm³/mol. The molecule has 0 fully saturated rings. The van der Waals surface area contributed by atoms with E-state index >= 15 is 0 Å². The molecule has 0 aliphatic heterocycles. The Balaban J connectivity index is 1.81. The molecule has 4 aromatic heterocycles. The summed E-state index contributed by atoms with van der Waals surface area (Å²) in [7, 11) is 0. The van der Waals surface area contributed by atoms with Crippen LogP contribution in [0.5, 0.6) is 0 Å². The number of benzene rings is 1. The van der Waals surface area contributed by atoms with E-state index in [0.717, 1.165) is 44.1 Å². The van der Waals surface area contributed by atoms with E-state index in [9.17, 15) is 0 Å². The minimum atomic E-state index is 0.771. The molecule has 0 unspecified atom stereocenters. The number of aromatic nitrogens is 3. The Bertz CT molecular complexity index is 1170. The first kappa shape index (κ1) is 12.3. The number of nitrogens with zero attached hydrogens (tertiary/aromatic N) is 3. The fraction of sp³-hybridized carbons (Fsp3) is 0. The molecule has 5 rings (SSSR count). The maximum absolute atomic E-state index is 5.90. The molecule has 0 bridgehead atoms. The number of fused-ring (bicyclic) bond motifs is 4. The van der Waals surface area contributed by atoms with Crippen molar-refractivity contribution in [2.45, 2.75) is 0 Å². The standard InChI is InChI=1S/C19H11N3O/c1-2-4-13-12(3-1)5-8-21-19(13)16-9-17-15(10-22-16)14-6-7-20-11-18(14)23-17/h1-11H. The normalized spacial score (nSPS) is 11.5. The lowest BCUT2D eigenvalue weighted by atomic mass is 10.1. The first-order valence-corrected chi connectivity index (χ1v) is 7.36. The van der Waals surface area contributed by atoms with Crippen LogP contribution >= 0.6 is 0 Å². The Kier molecular flexibility index (Phi) is 2.46. The van der Waals surface area contributed by atoms with E-state index in [2.05, 4.69) is 27.1 Å². The predicted octanol–water partition coefficient (Wildman–Crippen LogP) is 4.59. The molecule has 23 heavy (non-hydrogen) atoms. The minimum Gasteiger partial charge on any atom is -0.454 e. The van der Waals surface area contributed by atoms with Crippen LogP contribution in [0.4, 0.5) is 0 Å². The van der Waals surface area contributed by atoms with Crippen LogP contribution in [0, 0.1) is 0 Å². The molecule has 0 amide bonds. The summed E-state index contributed by atoms with van der Waals surface area (Å²) in [5.41, 5.74) is 3.24. The van der Waals surface area contributed by atoms with Crippen LogP contribution < -0.4 is 0 Å². The van der Waals surface area contributed by atoms with Gasteiger partial charge in [0.15, 0.2) is 5.58 Å². The number of furan rings is 1. The van der Waals surface area contributed by atoms with Crippen molar-refractivity contribution in [1.29, 1.82) is 0 Å². The molecule has 1 aromatic carbocycles.